The lowest BCUT2D eigenvalue weighted by Gasteiger charge is -2.23. The summed E-state index contributed by atoms with van der Waals surface area (Å²) in [4.78, 5) is 22.4. The van der Waals surface area contributed by atoms with Crippen molar-refractivity contribution >= 4 is 11.9 Å². The third-order valence-electron chi connectivity index (χ3n) is 3.88. The topological polar surface area (TPSA) is 63.6 Å². The maximum Gasteiger partial charge on any atom is 0.331 e. The molecule has 0 spiro atoms. The molecule has 2 atom stereocenters. The Morgan fingerprint density at radius 1 is 1.17 bits per heavy atom. The maximum atomic E-state index is 11.8. The van der Waals surface area contributed by atoms with Gasteiger partial charge in [0.15, 0.2) is 0 Å². The van der Waals surface area contributed by atoms with Crippen LogP contribution < -0.4 is 0 Å². The first kappa shape index (κ1) is 18.9. The molecule has 0 aliphatic carbocycles. The minimum absolute atomic E-state index is 0.344. The van der Waals surface area contributed by atoms with Crippen molar-refractivity contribution in [3.05, 3.63) is 48.0 Å². The van der Waals surface area contributed by atoms with E-state index in [2.05, 4.69) is 13.8 Å². The molecule has 0 amide bonds. The summed E-state index contributed by atoms with van der Waals surface area (Å²) >= 11 is 0. The van der Waals surface area contributed by atoms with E-state index < -0.39 is 11.9 Å². The van der Waals surface area contributed by atoms with Crippen LogP contribution in [0.15, 0.2) is 42.5 Å². The summed E-state index contributed by atoms with van der Waals surface area (Å²) in [6, 6.07) is 9.62. The van der Waals surface area contributed by atoms with Gasteiger partial charge in [-0.05, 0) is 17.9 Å². The molecule has 4 heteroatoms. The Balaban J connectivity index is 2.81. The highest BCUT2D eigenvalue weighted by atomic mass is 16.5. The normalized spacial score (nSPS) is 13.7. The van der Waals surface area contributed by atoms with E-state index in [1.54, 1.807) is 0 Å². The van der Waals surface area contributed by atoms with E-state index in [0.717, 1.165) is 49.8 Å². The molecule has 2 unspecified atom stereocenters. The molecule has 126 valence electrons. The minimum atomic E-state index is -1.16. The number of rotatable bonds is 10. The summed E-state index contributed by atoms with van der Waals surface area (Å²) in [5.41, 5.74) is 0.944. The number of carbonyl (C=O) groups excluding carboxylic acids is 1. The van der Waals surface area contributed by atoms with Gasteiger partial charge in [0.1, 0.15) is 6.10 Å². The SMILES string of the molecule is CCCCC(CC)CC(OC(=O)C=CC(=O)O)c1ccccc1. The summed E-state index contributed by atoms with van der Waals surface area (Å²) in [6.45, 7) is 4.31. The molecule has 0 saturated heterocycles. The predicted octanol–water partition coefficient (Wildman–Crippen LogP) is 4.52. The molecule has 0 bridgehead atoms. The number of hydrogen-bond donors (Lipinski definition) is 1. The van der Waals surface area contributed by atoms with Gasteiger partial charge in [-0.3, -0.25) is 0 Å². The highest BCUT2D eigenvalue weighted by molar-refractivity contribution is 5.90. The van der Waals surface area contributed by atoms with Gasteiger partial charge in [-0.2, -0.15) is 0 Å². The van der Waals surface area contributed by atoms with Crippen LogP contribution >= 0.6 is 0 Å². The van der Waals surface area contributed by atoms with E-state index in [-0.39, 0.29) is 6.10 Å². The van der Waals surface area contributed by atoms with Gasteiger partial charge < -0.3 is 9.84 Å². The first-order valence-electron chi connectivity index (χ1n) is 8.23. The predicted molar refractivity (Wildman–Crippen MR) is 90.0 cm³/mol. The molecular formula is C19H26O4. The number of unbranched alkanes of at least 4 members (excludes halogenated alkanes) is 1. The highest BCUT2D eigenvalue weighted by Crippen LogP contribution is 2.29. The first-order chi connectivity index (χ1) is 11.1. The highest BCUT2D eigenvalue weighted by Gasteiger charge is 2.20. The average Bonchev–Trinajstić information content (AvgIpc) is 2.56. The number of esters is 1. The Morgan fingerprint density at radius 2 is 1.87 bits per heavy atom. The lowest BCUT2D eigenvalue weighted by molar-refractivity contribution is -0.144. The Labute approximate surface area is 138 Å². The molecule has 0 aliphatic rings. The summed E-state index contributed by atoms with van der Waals surface area (Å²) in [6.07, 6.45) is 6.63. The van der Waals surface area contributed by atoms with E-state index in [9.17, 15) is 9.59 Å². The van der Waals surface area contributed by atoms with Crippen molar-refractivity contribution in [1.82, 2.24) is 0 Å². The second-order valence-corrected chi connectivity index (χ2v) is 5.66. The number of ether oxygens (including phenoxy) is 1. The molecule has 1 aromatic carbocycles. The average molecular weight is 318 g/mol. The van der Waals surface area contributed by atoms with Crippen LogP contribution in [0.1, 0.15) is 57.6 Å². The van der Waals surface area contributed by atoms with E-state index in [1.165, 1.54) is 0 Å². The molecule has 4 nitrogen and oxygen atoms in total. The standard InChI is InChI=1S/C19H26O4/c1-3-5-9-15(4-2)14-17(16-10-7-6-8-11-16)23-19(22)13-12-18(20)21/h6-8,10-13,15,17H,3-5,9,14H2,1-2H3,(H,20,21). The van der Waals surface area contributed by atoms with E-state index in [0.29, 0.717) is 5.92 Å². The zero-order chi connectivity index (χ0) is 17.1. The van der Waals surface area contributed by atoms with Crippen LogP contribution in [0.5, 0.6) is 0 Å². The zero-order valence-electron chi connectivity index (χ0n) is 13.9. The Bertz CT molecular complexity index is 507. The molecule has 0 saturated carbocycles. The van der Waals surface area contributed by atoms with Crippen LogP contribution in [-0.4, -0.2) is 17.0 Å². The van der Waals surface area contributed by atoms with Gasteiger partial charge in [0.25, 0.3) is 0 Å². The summed E-state index contributed by atoms with van der Waals surface area (Å²) in [7, 11) is 0. The second kappa shape index (κ2) is 10.6. The molecule has 1 N–H and O–H groups in total. The van der Waals surface area contributed by atoms with Crippen molar-refractivity contribution in [2.75, 3.05) is 0 Å². The number of carboxylic acids is 1. The van der Waals surface area contributed by atoms with E-state index in [4.69, 9.17) is 9.84 Å². The van der Waals surface area contributed by atoms with Crippen molar-refractivity contribution in [2.24, 2.45) is 5.92 Å². The minimum Gasteiger partial charge on any atom is -0.478 e. The summed E-state index contributed by atoms with van der Waals surface area (Å²) in [5.74, 6) is -1.30. The summed E-state index contributed by atoms with van der Waals surface area (Å²) in [5, 5.41) is 8.60. The Hall–Kier alpha value is -2.10. The zero-order valence-corrected chi connectivity index (χ0v) is 13.9. The van der Waals surface area contributed by atoms with Gasteiger partial charge in [-0.15, -0.1) is 0 Å². The molecular weight excluding hydrogens is 292 g/mol. The molecule has 0 heterocycles. The third kappa shape index (κ3) is 7.63. The Morgan fingerprint density at radius 3 is 2.43 bits per heavy atom. The largest absolute Gasteiger partial charge is 0.478 e. The molecule has 23 heavy (non-hydrogen) atoms. The van der Waals surface area contributed by atoms with Gasteiger partial charge in [-0.25, -0.2) is 9.59 Å². The number of hydrogen-bond acceptors (Lipinski definition) is 3. The lowest BCUT2D eigenvalue weighted by Crippen LogP contribution is -2.14. The molecule has 0 fully saturated rings. The fourth-order valence-electron chi connectivity index (χ4n) is 2.52. The van der Waals surface area contributed by atoms with Crippen molar-refractivity contribution in [1.29, 1.82) is 0 Å². The van der Waals surface area contributed by atoms with Crippen molar-refractivity contribution in [3.63, 3.8) is 0 Å². The molecule has 1 rings (SSSR count). The van der Waals surface area contributed by atoms with Crippen LogP contribution in [0.25, 0.3) is 0 Å². The number of aliphatic carboxylic acids is 1. The van der Waals surface area contributed by atoms with Crippen molar-refractivity contribution in [2.45, 2.75) is 52.1 Å². The van der Waals surface area contributed by atoms with Gasteiger partial charge in [-0.1, -0.05) is 69.9 Å². The van der Waals surface area contributed by atoms with Crippen LogP contribution in [0.3, 0.4) is 0 Å². The fourth-order valence-corrected chi connectivity index (χ4v) is 2.52. The van der Waals surface area contributed by atoms with Gasteiger partial charge >= 0.3 is 11.9 Å². The van der Waals surface area contributed by atoms with Crippen LogP contribution in [0, 0.1) is 5.92 Å². The fraction of sp³-hybridized carbons (Fsp3) is 0.474. The molecule has 0 aromatic heterocycles. The molecule has 1 aromatic rings. The van der Waals surface area contributed by atoms with Gasteiger partial charge in [0, 0.05) is 12.2 Å². The van der Waals surface area contributed by atoms with Crippen LogP contribution in [0.2, 0.25) is 0 Å². The molecule has 0 aliphatic heterocycles. The number of benzene rings is 1. The van der Waals surface area contributed by atoms with E-state index in [1.807, 2.05) is 30.3 Å². The number of carbonyl (C=O) groups is 2. The molecule has 0 radical (unpaired) electrons. The van der Waals surface area contributed by atoms with Crippen molar-refractivity contribution in [3.8, 4) is 0 Å². The first-order valence-corrected chi connectivity index (χ1v) is 8.23. The number of carboxylic acid groups (broad SMARTS) is 1. The van der Waals surface area contributed by atoms with Crippen molar-refractivity contribution < 1.29 is 19.4 Å². The summed E-state index contributed by atoms with van der Waals surface area (Å²) < 4.78 is 5.51. The lowest BCUT2D eigenvalue weighted by atomic mass is 9.90. The maximum absolute atomic E-state index is 11.8. The quantitative estimate of drug-likeness (QED) is 0.509. The smallest absolute Gasteiger partial charge is 0.331 e. The van der Waals surface area contributed by atoms with Gasteiger partial charge in [0.2, 0.25) is 0 Å². The Kier molecular flexibility index (Phi) is 8.73. The van der Waals surface area contributed by atoms with Gasteiger partial charge in [0.05, 0.1) is 0 Å². The van der Waals surface area contributed by atoms with Crippen LogP contribution in [-0.2, 0) is 14.3 Å². The van der Waals surface area contributed by atoms with Crippen LogP contribution in [0.4, 0.5) is 0 Å². The second-order valence-electron chi connectivity index (χ2n) is 5.66. The monoisotopic (exact) mass is 318 g/mol. The van der Waals surface area contributed by atoms with E-state index >= 15 is 0 Å². The third-order valence-corrected chi connectivity index (χ3v) is 3.88.